The monoisotopic (exact) mass is 265 g/mol. The number of rotatable bonds is 8. The van der Waals surface area contributed by atoms with E-state index >= 15 is 0 Å². The van der Waals surface area contributed by atoms with Gasteiger partial charge in [0, 0.05) is 25.1 Å². The topological polar surface area (TPSA) is 41.5 Å². The maximum atomic E-state index is 9.53. The number of aryl methyl sites for hydroxylation is 1. The fourth-order valence-corrected chi connectivity index (χ4v) is 2.30. The third-order valence-electron chi connectivity index (χ3n) is 4.12. The zero-order valence-electron chi connectivity index (χ0n) is 12.6. The maximum absolute atomic E-state index is 9.53. The number of benzene rings is 1. The normalized spacial score (nSPS) is 11.6. The van der Waals surface area contributed by atoms with Crippen molar-refractivity contribution < 1.29 is 9.84 Å². The lowest BCUT2D eigenvalue weighted by atomic mass is 9.83. The molecule has 0 saturated heterocycles. The molecule has 19 heavy (non-hydrogen) atoms. The Balaban J connectivity index is 2.55. The second kappa shape index (κ2) is 7.51. The molecule has 0 radical (unpaired) electrons. The quantitative estimate of drug-likeness (QED) is 0.759. The van der Waals surface area contributed by atoms with Gasteiger partial charge < -0.3 is 15.2 Å². The van der Waals surface area contributed by atoms with E-state index in [1.54, 1.807) is 7.11 Å². The highest BCUT2D eigenvalue weighted by Crippen LogP contribution is 2.24. The molecule has 0 spiro atoms. The molecule has 3 nitrogen and oxygen atoms in total. The standard InChI is InChI=1S/C16H27NO2/c1-5-16(6-2,12-18)11-17-10-14-7-8-15(19-4)13(3)9-14/h7-9,17-18H,5-6,10-12H2,1-4H3. The van der Waals surface area contributed by atoms with Crippen LogP contribution in [-0.2, 0) is 6.54 Å². The summed E-state index contributed by atoms with van der Waals surface area (Å²) in [6, 6.07) is 6.23. The van der Waals surface area contributed by atoms with Gasteiger partial charge in [-0.2, -0.15) is 0 Å². The van der Waals surface area contributed by atoms with E-state index in [9.17, 15) is 5.11 Å². The second-order valence-electron chi connectivity index (χ2n) is 5.27. The molecule has 0 unspecified atom stereocenters. The molecular formula is C16H27NO2. The Hall–Kier alpha value is -1.06. The van der Waals surface area contributed by atoms with Crippen molar-refractivity contribution in [3.05, 3.63) is 29.3 Å². The average Bonchev–Trinajstić information content (AvgIpc) is 2.44. The van der Waals surface area contributed by atoms with Gasteiger partial charge in [0.15, 0.2) is 0 Å². The van der Waals surface area contributed by atoms with Crippen LogP contribution in [0.25, 0.3) is 0 Å². The molecule has 3 heteroatoms. The highest BCUT2D eigenvalue weighted by Gasteiger charge is 2.24. The first kappa shape index (κ1) is 16.0. The summed E-state index contributed by atoms with van der Waals surface area (Å²) < 4.78 is 5.26. The first-order valence-electron chi connectivity index (χ1n) is 7.06. The summed E-state index contributed by atoms with van der Waals surface area (Å²) in [4.78, 5) is 0. The summed E-state index contributed by atoms with van der Waals surface area (Å²) in [6.45, 7) is 8.25. The molecule has 1 aromatic carbocycles. The van der Waals surface area contributed by atoms with Crippen LogP contribution in [0.1, 0.15) is 37.8 Å². The Bertz CT molecular complexity index is 378. The van der Waals surface area contributed by atoms with Crippen LogP contribution in [0.3, 0.4) is 0 Å². The molecular weight excluding hydrogens is 238 g/mol. The van der Waals surface area contributed by atoms with Crippen LogP contribution in [0.5, 0.6) is 5.75 Å². The van der Waals surface area contributed by atoms with E-state index in [2.05, 4.69) is 38.2 Å². The first-order valence-corrected chi connectivity index (χ1v) is 7.06. The van der Waals surface area contributed by atoms with Crippen LogP contribution in [-0.4, -0.2) is 25.4 Å². The van der Waals surface area contributed by atoms with Gasteiger partial charge in [-0.05, 0) is 37.0 Å². The maximum Gasteiger partial charge on any atom is 0.121 e. The van der Waals surface area contributed by atoms with Gasteiger partial charge in [0.05, 0.1) is 7.11 Å². The number of aliphatic hydroxyl groups is 1. The Morgan fingerprint density at radius 2 is 1.95 bits per heavy atom. The number of ether oxygens (including phenoxy) is 1. The van der Waals surface area contributed by atoms with Crippen molar-refractivity contribution in [2.75, 3.05) is 20.3 Å². The van der Waals surface area contributed by atoms with Gasteiger partial charge in [0.25, 0.3) is 0 Å². The van der Waals surface area contributed by atoms with E-state index in [0.717, 1.165) is 37.2 Å². The van der Waals surface area contributed by atoms with Gasteiger partial charge in [0.1, 0.15) is 5.75 Å². The lowest BCUT2D eigenvalue weighted by Crippen LogP contribution is -2.36. The summed E-state index contributed by atoms with van der Waals surface area (Å²) in [6.07, 6.45) is 1.99. The van der Waals surface area contributed by atoms with Gasteiger partial charge >= 0.3 is 0 Å². The Kier molecular flexibility index (Phi) is 6.32. The summed E-state index contributed by atoms with van der Waals surface area (Å²) in [7, 11) is 1.69. The van der Waals surface area contributed by atoms with Crippen molar-refractivity contribution in [3.63, 3.8) is 0 Å². The molecule has 0 aromatic heterocycles. The van der Waals surface area contributed by atoms with Gasteiger partial charge in [-0.3, -0.25) is 0 Å². The minimum absolute atomic E-state index is 0.0154. The lowest BCUT2D eigenvalue weighted by Gasteiger charge is -2.29. The van der Waals surface area contributed by atoms with Crippen LogP contribution in [0.2, 0.25) is 0 Å². The zero-order chi connectivity index (χ0) is 14.3. The largest absolute Gasteiger partial charge is 0.496 e. The molecule has 0 amide bonds. The van der Waals surface area contributed by atoms with Crippen molar-refractivity contribution in [3.8, 4) is 5.75 Å². The molecule has 0 bridgehead atoms. The van der Waals surface area contributed by atoms with E-state index in [1.807, 2.05) is 6.07 Å². The molecule has 0 atom stereocenters. The zero-order valence-corrected chi connectivity index (χ0v) is 12.6. The van der Waals surface area contributed by atoms with Gasteiger partial charge in [-0.15, -0.1) is 0 Å². The van der Waals surface area contributed by atoms with Crippen molar-refractivity contribution in [1.82, 2.24) is 5.32 Å². The van der Waals surface area contributed by atoms with Crippen LogP contribution in [0, 0.1) is 12.3 Å². The van der Waals surface area contributed by atoms with Crippen LogP contribution < -0.4 is 10.1 Å². The molecule has 0 aliphatic carbocycles. The average molecular weight is 265 g/mol. The molecule has 108 valence electrons. The Morgan fingerprint density at radius 3 is 2.42 bits per heavy atom. The van der Waals surface area contributed by atoms with E-state index in [4.69, 9.17) is 4.74 Å². The number of methoxy groups -OCH3 is 1. The Morgan fingerprint density at radius 1 is 1.26 bits per heavy atom. The minimum Gasteiger partial charge on any atom is -0.496 e. The second-order valence-corrected chi connectivity index (χ2v) is 5.27. The van der Waals surface area contributed by atoms with Crippen molar-refractivity contribution in [2.45, 2.75) is 40.2 Å². The summed E-state index contributed by atoms with van der Waals surface area (Å²) >= 11 is 0. The first-order chi connectivity index (χ1) is 9.10. The fourth-order valence-electron chi connectivity index (χ4n) is 2.30. The molecule has 1 rings (SSSR count). The van der Waals surface area contributed by atoms with Crippen LogP contribution in [0.15, 0.2) is 18.2 Å². The fraction of sp³-hybridized carbons (Fsp3) is 0.625. The number of nitrogens with one attached hydrogen (secondary N) is 1. The minimum atomic E-state index is 0.0154. The molecule has 0 aliphatic rings. The smallest absolute Gasteiger partial charge is 0.121 e. The van der Waals surface area contributed by atoms with E-state index in [-0.39, 0.29) is 12.0 Å². The van der Waals surface area contributed by atoms with Crippen molar-refractivity contribution in [1.29, 1.82) is 0 Å². The van der Waals surface area contributed by atoms with E-state index in [1.165, 1.54) is 5.56 Å². The summed E-state index contributed by atoms with van der Waals surface area (Å²) in [5.74, 6) is 0.926. The molecule has 0 heterocycles. The molecule has 0 aliphatic heterocycles. The Labute approximate surface area is 117 Å². The van der Waals surface area contributed by atoms with Gasteiger partial charge in [-0.1, -0.05) is 26.0 Å². The van der Waals surface area contributed by atoms with Crippen LogP contribution in [0.4, 0.5) is 0 Å². The highest BCUT2D eigenvalue weighted by molar-refractivity contribution is 5.36. The van der Waals surface area contributed by atoms with Gasteiger partial charge in [-0.25, -0.2) is 0 Å². The SMILES string of the molecule is CCC(CC)(CO)CNCc1ccc(OC)c(C)c1. The summed E-state index contributed by atoms with van der Waals surface area (Å²) in [5, 5.41) is 13.0. The van der Waals surface area contributed by atoms with E-state index < -0.39 is 0 Å². The van der Waals surface area contributed by atoms with Crippen molar-refractivity contribution >= 4 is 0 Å². The lowest BCUT2D eigenvalue weighted by molar-refractivity contribution is 0.113. The van der Waals surface area contributed by atoms with Crippen molar-refractivity contribution in [2.24, 2.45) is 5.41 Å². The third-order valence-corrected chi connectivity index (χ3v) is 4.12. The van der Waals surface area contributed by atoms with Crippen LogP contribution >= 0.6 is 0 Å². The van der Waals surface area contributed by atoms with Gasteiger partial charge in [0.2, 0.25) is 0 Å². The molecule has 0 saturated carbocycles. The predicted molar refractivity (Wildman–Crippen MR) is 79.5 cm³/mol. The highest BCUT2D eigenvalue weighted by atomic mass is 16.5. The molecule has 2 N–H and O–H groups in total. The molecule has 1 aromatic rings. The number of aliphatic hydroxyl groups excluding tert-OH is 1. The molecule has 0 fully saturated rings. The number of hydrogen-bond donors (Lipinski definition) is 2. The number of hydrogen-bond acceptors (Lipinski definition) is 3. The predicted octanol–water partition coefficient (Wildman–Crippen LogP) is 2.89. The summed E-state index contributed by atoms with van der Waals surface area (Å²) in [5.41, 5.74) is 2.42. The van der Waals surface area contributed by atoms with E-state index in [0.29, 0.717) is 0 Å². The third kappa shape index (κ3) is 4.22.